The van der Waals surface area contributed by atoms with Crippen LogP contribution in [0.3, 0.4) is 0 Å². The van der Waals surface area contributed by atoms with Gasteiger partial charge in [0.15, 0.2) is 0 Å². The molecule has 0 aliphatic carbocycles. The molecule has 1 aliphatic rings. The first kappa shape index (κ1) is 20.6. The Morgan fingerprint density at radius 3 is 2.89 bits per heavy atom. The molecule has 0 bridgehead atoms. The Morgan fingerprint density at radius 1 is 1.39 bits per heavy atom. The molecule has 2 aromatic heterocycles. The van der Waals surface area contributed by atoms with Gasteiger partial charge in [-0.25, -0.2) is 4.79 Å². The van der Waals surface area contributed by atoms with Gasteiger partial charge in [0.1, 0.15) is 16.3 Å². The van der Waals surface area contributed by atoms with E-state index < -0.39 is 5.97 Å². The smallest absolute Gasteiger partial charge is 0.341 e. The fourth-order valence-electron chi connectivity index (χ4n) is 3.24. The van der Waals surface area contributed by atoms with E-state index in [2.05, 4.69) is 10.2 Å². The number of ether oxygens (including phenoxy) is 2. The van der Waals surface area contributed by atoms with Crippen LogP contribution in [0.5, 0.6) is 0 Å². The zero-order valence-electron chi connectivity index (χ0n) is 16.2. The molecule has 1 aliphatic heterocycles. The monoisotopic (exact) mass is 406 g/mol. The second-order valence-electron chi connectivity index (χ2n) is 6.66. The highest BCUT2D eigenvalue weighted by molar-refractivity contribution is 7.15. The molecule has 0 saturated carbocycles. The molecule has 1 unspecified atom stereocenters. The van der Waals surface area contributed by atoms with Crippen molar-refractivity contribution >= 4 is 28.2 Å². The van der Waals surface area contributed by atoms with Gasteiger partial charge >= 0.3 is 5.97 Å². The third-order valence-corrected chi connectivity index (χ3v) is 5.56. The first-order valence-electron chi connectivity index (χ1n) is 9.54. The summed E-state index contributed by atoms with van der Waals surface area (Å²) in [5.74, 6) is 0.409. The lowest BCUT2D eigenvalue weighted by Gasteiger charge is -2.22. The van der Waals surface area contributed by atoms with E-state index in [9.17, 15) is 9.59 Å². The number of likely N-dealkylation sites (N-methyl/N-ethyl adjacent to an activating group) is 1. The lowest BCUT2D eigenvalue weighted by atomic mass is 10.1. The third-order valence-electron chi connectivity index (χ3n) is 4.66. The molecule has 8 heteroatoms. The number of anilines is 1. The topological polar surface area (TPSA) is 81.0 Å². The molecule has 152 valence electrons. The molecule has 7 nitrogen and oxygen atoms in total. The van der Waals surface area contributed by atoms with Crippen LogP contribution in [0.1, 0.15) is 30.6 Å². The predicted molar refractivity (Wildman–Crippen MR) is 108 cm³/mol. The summed E-state index contributed by atoms with van der Waals surface area (Å²) in [6.07, 6.45) is 2.58. The van der Waals surface area contributed by atoms with E-state index in [0.29, 0.717) is 27.8 Å². The Kier molecular flexibility index (Phi) is 7.24. The summed E-state index contributed by atoms with van der Waals surface area (Å²) in [5.41, 5.74) is 0.960. The van der Waals surface area contributed by atoms with Gasteiger partial charge < -0.3 is 19.2 Å². The molecular weight excluding hydrogens is 380 g/mol. The number of nitrogens with zero attached hydrogens (tertiary/aromatic N) is 1. The maximum atomic E-state index is 12.6. The van der Waals surface area contributed by atoms with Crippen molar-refractivity contribution in [3.63, 3.8) is 0 Å². The van der Waals surface area contributed by atoms with Gasteiger partial charge in [-0.2, -0.15) is 0 Å². The Morgan fingerprint density at radius 2 is 2.25 bits per heavy atom. The van der Waals surface area contributed by atoms with Crippen molar-refractivity contribution in [2.75, 3.05) is 44.8 Å². The highest BCUT2D eigenvalue weighted by atomic mass is 32.1. The van der Waals surface area contributed by atoms with Gasteiger partial charge in [-0.05, 0) is 37.9 Å². The quantitative estimate of drug-likeness (QED) is 0.642. The van der Waals surface area contributed by atoms with Crippen molar-refractivity contribution in [1.29, 1.82) is 0 Å². The summed E-state index contributed by atoms with van der Waals surface area (Å²) in [6.45, 7) is 7.46. The van der Waals surface area contributed by atoms with Crippen molar-refractivity contribution in [3.05, 3.63) is 29.3 Å². The van der Waals surface area contributed by atoms with E-state index in [1.54, 1.807) is 30.7 Å². The maximum absolute atomic E-state index is 12.6. The number of nitrogens with one attached hydrogen (secondary N) is 1. The van der Waals surface area contributed by atoms with Crippen molar-refractivity contribution in [1.82, 2.24) is 4.90 Å². The van der Waals surface area contributed by atoms with Crippen LogP contribution < -0.4 is 5.32 Å². The lowest BCUT2D eigenvalue weighted by Crippen LogP contribution is -2.36. The highest BCUT2D eigenvalue weighted by Gasteiger charge is 2.25. The number of carbonyl (C=O) groups excluding carboxylic acids is 2. The van der Waals surface area contributed by atoms with Gasteiger partial charge in [0.2, 0.25) is 5.91 Å². The van der Waals surface area contributed by atoms with E-state index in [4.69, 9.17) is 13.9 Å². The average molecular weight is 407 g/mol. The van der Waals surface area contributed by atoms with Crippen LogP contribution in [-0.4, -0.2) is 56.2 Å². The summed E-state index contributed by atoms with van der Waals surface area (Å²) in [4.78, 5) is 27.2. The molecule has 28 heavy (non-hydrogen) atoms. The number of amides is 1. The van der Waals surface area contributed by atoms with Crippen molar-refractivity contribution in [2.45, 2.75) is 20.3 Å². The molecule has 2 aromatic rings. The molecule has 1 amide bonds. The minimum Gasteiger partial charge on any atom is -0.464 e. The molecule has 0 spiro atoms. The summed E-state index contributed by atoms with van der Waals surface area (Å²) in [6, 6.07) is 3.53. The minimum absolute atomic E-state index is 0.154. The number of rotatable bonds is 9. The highest BCUT2D eigenvalue weighted by Crippen LogP contribution is 2.36. The van der Waals surface area contributed by atoms with Gasteiger partial charge in [-0.15, -0.1) is 11.3 Å². The minimum atomic E-state index is -0.471. The Balaban J connectivity index is 1.71. The SMILES string of the molecule is CCOC(=O)c1c(-c2ccco2)csc1NC(=O)CN(CC)CC1CCOC1. The van der Waals surface area contributed by atoms with E-state index in [1.165, 1.54) is 11.3 Å². The molecule has 1 saturated heterocycles. The first-order valence-corrected chi connectivity index (χ1v) is 10.4. The van der Waals surface area contributed by atoms with Crippen LogP contribution >= 0.6 is 11.3 Å². The largest absolute Gasteiger partial charge is 0.464 e. The van der Waals surface area contributed by atoms with E-state index in [1.807, 2.05) is 6.92 Å². The van der Waals surface area contributed by atoms with Gasteiger partial charge in [-0.1, -0.05) is 6.92 Å². The predicted octanol–water partition coefficient (Wildman–Crippen LogP) is 3.48. The molecule has 3 rings (SSSR count). The van der Waals surface area contributed by atoms with Crippen LogP contribution in [0.15, 0.2) is 28.2 Å². The van der Waals surface area contributed by atoms with Gasteiger partial charge in [0, 0.05) is 24.1 Å². The number of carbonyl (C=O) groups is 2. The zero-order chi connectivity index (χ0) is 19.9. The Hall–Kier alpha value is -2.16. The molecule has 0 aromatic carbocycles. The summed E-state index contributed by atoms with van der Waals surface area (Å²) in [7, 11) is 0. The van der Waals surface area contributed by atoms with Crippen molar-refractivity contribution < 1.29 is 23.5 Å². The van der Waals surface area contributed by atoms with E-state index >= 15 is 0 Å². The summed E-state index contributed by atoms with van der Waals surface area (Å²) < 4.78 is 16.0. The molecular formula is C20H26N2O5S. The second-order valence-corrected chi connectivity index (χ2v) is 7.54. The fourth-order valence-corrected chi connectivity index (χ4v) is 4.19. The molecule has 3 heterocycles. The number of hydrogen-bond acceptors (Lipinski definition) is 7. The maximum Gasteiger partial charge on any atom is 0.341 e. The average Bonchev–Trinajstić information content (AvgIpc) is 3.42. The van der Waals surface area contributed by atoms with Crippen LogP contribution in [-0.2, 0) is 14.3 Å². The van der Waals surface area contributed by atoms with Crippen molar-refractivity contribution in [3.8, 4) is 11.3 Å². The van der Waals surface area contributed by atoms with Gasteiger partial charge in [-0.3, -0.25) is 9.69 Å². The number of furan rings is 1. The van der Waals surface area contributed by atoms with Crippen LogP contribution in [0.2, 0.25) is 0 Å². The van der Waals surface area contributed by atoms with Crippen LogP contribution in [0.25, 0.3) is 11.3 Å². The van der Waals surface area contributed by atoms with Gasteiger partial charge in [0.05, 0.1) is 26.0 Å². The first-order chi connectivity index (χ1) is 13.6. The summed E-state index contributed by atoms with van der Waals surface area (Å²) in [5, 5.41) is 5.17. The Labute approximate surface area is 168 Å². The second kappa shape index (κ2) is 9.86. The van der Waals surface area contributed by atoms with Crippen molar-refractivity contribution in [2.24, 2.45) is 5.92 Å². The van der Waals surface area contributed by atoms with E-state index in [-0.39, 0.29) is 19.1 Å². The fraction of sp³-hybridized carbons (Fsp3) is 0.500. The lowest BCUT2D eigenvalue weighted by molar-refractivity contribution is -0.117. The number of hydrogen-bond donors (Lipinski definition) is 1. The van der Waals surface area contributed by atoms with Crippen LogP contribution in [0.4, 0.5) is 5.00 Å². The summed E-state index contributed by atoms with van der Waals surface area (Å²) >= 11 is 1.29. The third kappa shape index (κ3) is 5.01. The molecule has 1 N–H and O–H groups in total. The molecule has 1 fully saturated rings. The van der Waals surface area contributed by atoms with E-state index in [0.717, 1.165) is 32.7 Å². The molecule has 1 atom stereocenters. The number of thiophene rings is 1. The Bertz CT molecular complexity index is 781. The molecule has 0 radical (unpaired) electrons. The van der Waals surface area contributed by atoms with Gasteiger partial charge in [0.25, 0.3) is 0 Å². The zero-order valence-corrected chi connectivity index (χ0v) is 17.0. The van der Waals surface area contributed by atoms with Crippen LogP contribution in [0, 0.1) is 5.92 Å². The number of esters is 1. The normalized spacial score (nSPS) is 16.5. The standard InChI is InChI=1S/C20H26N2O5S/c1-3-22(10-14-7-9-25-12-14)11-17(23)21-19-18(20(24)26-4-2)15(13-28-19)16-6-5-8-27-16/h5-6,8,13-14H,3-4,7,9-12H2,1-2H3,(H,21,23).